The Morgan fingerprint density at radius 2 is 0.935 bits per heavy atom. The van der Waals surface area contributed by atoms with Crippen molar-refractivity contribution >= 4 is 91.5 Å². The van der Waals surface area contributed by atoms with Gasteiger partial charge in [-0.25, -0.2) is 0 Å². The maximum Gasteiger partial charge on any atom is 0.0476 e. The van der Waals surface area contributed by atoms with Crippen LogP contribution in [0, 0.1) is 0 Å². The maximum atomic E-state index is 2.61. The zero-order valence-electron chi connectivity index (χ0n) is 25.6. The van der Waals surface area contributed by atoms with Crippen molar-refractivity contribution in [1.82, 2.24) is 0 Å². The highest BCUT2D eigenvalue weighted by atomic mass is 32.1. The smallest absolute Gasteiger partial charge is 0.0476 e. The van der Waals surface area contributed by atoms with E-state index in [4.69, 9.17) is 0 Å². The Hall–Kier alpha value is -4.64. The summed E-state index contributed by atoms with van der Waals surface area (Å²) in [6, 6.07) is 52.2. The van der Waals surface area contributed by atoms with Gasteiger partial charge in [-0.2, -0.15) is 0 Å². The van der Waals surface area contributed by atoms with Crippen LogP contribution >= 0.6 is 22.7 Å². The molecule has 2 heterocycles. The number of nitrogens with zero attached hydrogens (tertiary/aromatic N) is 2. The standard InChI is InChI=1S/C42H34N2S2/c1-4-12-29(13-5-1)43(30-14-6-2-7-15-30)32-21-25-41-38(26-32)36-23-20-34(28-42(36)46-41)44(31-16-8-3-9-17-31)33-22-24-40-37(27-33)35-18-10-11-19-39(35)45-40/h1,3-5,8-13,16-28,30H,2,6-7,14-15H2. The SMILES string of the molecule is c1ccc(N(c2ccc3c(c2)sc2ccc(N(c4ccccc4)C4CCCCC4)cc23)c2ccc3sc4ccccc4c3c2)cc1. The van der Waals surface area contributed by atoms with Crippen LogP contribution in [0.15, 0.2) is 140 Å². The molecule has 0 bridgehead atoms. The van der Waals surface area contributed by atoms with Crippen LogP contribution in [0.5, 0.6) is 0 Å². The highest BCUT2D eigenvalue weighted by molar-refractivity contribution is 7.26. The quantitative estimate of drug-likeness (QED) is 0.180. The second-order valence-electron chi connectivity index (χ2n) is 12.4. The lowest BCUT2D eigenvalue weighted by atomic mass is 9.93. The first kappa shape index (κ1) is 27.7. The van der Waals surface area contributed by atoms with Crippen molar-refractivity contribution in [3.05, 3.63) is 140 Å². The third kappa shape index (κ3) is 4.84. The third-order valence-electron chi connectivity index (χ3n) is 9.58. The highest BCUT2D eigenvalue weighted by Crippen LogP contribution is 2.44. The van der Waals surface area contributed by atoms with Gasteiger partial charge in [-0.15, -0.1) is 22.7 Å². The molecule has 1 saturated carbocycles. The Kier molecular flexibility index (Phi) is 6.98. The zero-order chi connectivity index (χ0) is 30.5. The average Bonchev–Trinajstić information content (AvgIpc) is 3.67. The summed E-state index contributed by atoms with van der Waals surface area (Å²) >= 11 is 3.77. The molecule has 0 amide bonds. The molecule has 6 aromatic carbocycles. The summed E-state index contributed by atoms with van der Waals surface area (Å²) in [5.41, 5.74) is 6.12. The molecule has 46 heavy (non-hydrogen) atoms. The van der Waals surface area contributed by atoms with Gasteiger partial charge in [0, 0.05) is 74.8 Å². The molecule has 0 aliphatic heterocycles. The Morgan fingerprint density at radius 3 is 1.70 bits per heavy atom. The predicted octanol–water partition coefficient (Wildman–Crippen LogP) is 13.4. The first-order chi connectivity index (χ1) is 22.8. The normalized spacial score (nSPS) is 14.0. The molecular formula is C42H34N2S2. The summed E-state index contributed by atoms with van der Waals surface area (Å²) in [7, 11) is 0. The average molecular weight is 631 g/mol. The molecule has 0 radical (unpaired) electrons. The van der Waals surface area contributed by atoms with E-state index in [9.17, 15) is 0 Å². The fraction of sp³-hybridized carbons (Fsp3) is 0.143. The molecule has 0 N–H and O–H groups in total. The molecule has 2 aromatic heterocycles. The van der Waals surface area contributed by atoms with Gasteiger partial charge in [-0.1, -0.05) is 79.9 Å². The molecule has 1 aliphatic rings. The van der Waals surface area contributed by atoms with E-state index >= 15 is 0 Å². The monoisotopic (exact) mass is 630 g/mol. The number of rotatable bonds is 6. The fourth-order valence-electron chi connectivity index (χ4n) is 7.42. The van der Waals surface area contributed by atoms with Crippen LogP contribution in [0.1, 0.15) is 32.1 Å². The van der Waals surface area contributed by atoms with Crippen LogP contribution in [0.4, 0.5) is 28.4 Å². The van der Waals surface area contributed by atoms with Crippen molar-refractivity contribution < 1.29 is 0 Å². The number of anilines is 5. The number of hydrogen-bond acceptors (Lipinski definition) is 4. The minimum absolute atomic E-state index is 0.544. The van der Waals surface area contributed by atoms with E-state index in [1.807, 2.05) is 22.7 Å². The Labute approximate surface area is 277 Å². The summed E-state index contributed by atoms with van der Waals surface area (Å²) in [6.45, 7) is 0. The Balaban J connectivity index is 1.16. The summed E-state index contributed by atoms with van der Waals surface area (Å²) < 4.78 is 5.31. The number of fused-ring (bicyclic) bond motifs is 6. The van der Waals surface area contributed by atoms with E-state index in [1.165, 1.54) is 95.2 Å². The van der Waals surface area contributed by atoms with Crippen molar-refractivity contribution in [2.45, 2.75) is 38.1 Å². The lowest BCUT2D eigenvalue weighted by Gasteiger charge is -2.36. The lowest BCUT2D eigenvalue weighted by molar-refractivity contribution is 0.436. The molecule has 8 aromatic rings. The summed E-state index contributed by atoms with van der Waals surface area (Å²) in [4.78, 5) is 5.01. The third-order valence-corrected chi connectivity index (χ3v) is 11.9. The van der Waals surface area contributed by atoms with E-state index in [1.54, 1.807) is 0 Å². The molecule has 2 nitrogen and oxygen atoms in total. The summed E-state index contributed by atoms with van der Waals surface area (Å²) in [5, 5.41) is 5.31. The van der Waals surface area contributed by atoms with Crippen LogP contribution in [0.3, 0.4) is 0 Å². The van der Waals surface area contributed by atoms with E-state index in [0.29, 0.717) is 6.04 Å². The Bertz CT molecular complexity index is 2310. The van der Waals surface area contributed by atoms with Gasteiger partial charge in [0.15, 0.2) is 0 Å². The van der Waals surface area contributed by atoms with Crippen molar-refractivity contribution in [2.24, 2.45) is 0 Å². The van der Waals surface area contributed by atoms with Gasteiger partial charge in [-0.3, -0.25) is 0 Å². The second-order valence-corrected chi connectivity index (χ2v) is 14.6. The molecule has 1 aliphatic carbocycles. The van der Waals surface area contributed by atoms with Crippen LogP contribution in [0.2, 0.25) is 0 Å². The van der Waals surface area contributed by atoms with Crippen molar-refractivity contribution in [2.75, 3.05) is 9.80 Å². The second kappa shape index (κ2) is 11.6. The lowest BCUT2D eigenvalue weighted by Crippen LogP contribution is -2.32. The largest absolute Gasteiger partial charge is 0.338 e. The van der Waals surface area contributed by atoms with Gasteiger partial charge in [0.1, 0.15) is 0 Å². The van der Waals surface area contributed by atoms with Crippen molar-refractivity contribution in [1.29, 1.82) is 0 Å². The van der Waals surface area contributed by atoms with Gasteiger partial charge in [0.05, 0.1) is 0 Å². The molecular weight excluding hydrogens is 597 g/mol. The number of para-hydroxylation sites is 2. The topological polar surface area (TPSA) is 6.48 Å². The van der Waals surface area contributed by atoms with Crippen molar-refractivity contribution in [3.8, 4) is 0 Å². The molecule has 0 atom stereocenters. The molecule has 224 valence electrons. The van der Waals surface area contributed by atoms with Crippen molar-refractivity contribution in [3.63, 3.8) is 0 Å². The molecule has 0 unspecified atom stereocenters. The van der Waals surface area contributed by atoms with E-state index in [-0.39, 0.29) is 0 Å². The van der Waals surface area contributed by atoms with E-state index < -0.39 is 0 Å². The van der Waals surface area contributed by atoms with Gasteiger partial charge in [-0.05, 0) is 91.7 Å². The molecule has 0 saturated heterocycles. The Morgan fingerprint density at radius 1 is 0.391 bits per heavy atom. The molecule has 0 spiro atoms. The van der Waals surface area contributed by atoms with E-state index in [2.05, 4.69) is 149 Å². The molecule has 4 heteroatoms. The summed E-state index contributed by atoms with van der Waals surface area (Å²) in [5.74, 6) is 0. The first-order valence-corrected chi connectivity index (χ1v) is 18.0. The fourth-order valence-corrected chi connectivity index (χ4v) is 9.62. The minimum atomic E-state index is 0.544. The summed E-state index contributed by atoms with van der Waals surface area (Å²) in [6.07, 6.45) is 6.49. The number of hydrogen-bond donors (Lipinski definition) is 0. The van der Waals surface area contributed by atoms with Crippen LogP contribution < -0.4 is 9.80 Å². The van der Waals surface area contributed by atoms with Gasteiger partial charge >= 0.3 is 0 Å². The van der Waals surface area contributed by atoms with Gasteiger partial charge in [0.2, 0.25) is 0 Å². The number of thiophene rings is 2. The van der Waals surface area contributed by atoms with E-state index in [0.717, 1.165) is 5.69 Å². The van der Waals surface area contributed by atoms with Crippen LogP contribution in [0.25, 0.3) is 40.3 Å². The minimum Gasteiger partial charge on any atom is -0.338 e. The van der Waals surface area contributed by atoms with Crippen LogP contribution in [-0.2, 0) is 0 Å². The molecule has 1 fully saturated rings. The highest BCUT2D eigenvalue weighted by Gasteiger charge is 2.24. The molecule has 9 rings (SSSR count). The maximum absolute atomic E-state index is 2.61. The predicted molar refractivity (Wildman–Crippen MR) is 202 cm³/mol. The number of benzene rings is 6. The van der Waals surface area contributed by atoms with Crippen LogP contribution in [-0.4, -0.2) is 6.04 Å². The van der Waals surface area contributed by atoms with Gasteiger partial charge in [0.25, 0.3) is 0 Å². The zero-order valence-corrected chi connectivity index (χ0v) is 27.2. The van der Waals surface area contributed by atoms with Gasteiger partial charge < -0.3 is 9.80 Å². The first-order valence-electron chi connectivity index (χ1n) is 16.4.